The third-order valence-electron chi connectivity index (χ3n) is 6.26. The molecule has 1 aromatic heterocycles. The van der Waals surface area contributed by atoms with Crippen molar-refractivity contribution in [2.45, 2.75) is 19.0 Å². The number of fused-ring (bicyclic) bond motifs is 1. The second kappa shape index (κ2) is 13.8. The fourth-order valence-electron chi connectivity index (χ4n) is 4.25. The summed E-state index contributed by atoms with van der Waals surface area (Å²) in [4.78, 5) is 31.9. The van der Waals surface area contributed by atoms with Crippen LogP contribution in [0.25, 0.3) is 16.2 Å². The highest BCUT2D eigenvalue weighted by Gasteiger charge is 2.42. The van der Waals surface area contributed by atoms with Gasteiger partial charge in [-0.2, -0.15) is 0 Å². The topological polar surface area (TPSA) is 76.0 Å². The summed E-state index contributed by atoms with van der Waals surface area (Å²) in [5.74, 6) is -5.32. The molecule has 0 saturated heterocycles. The van der Waals surface area contributed by atoms with Gasteiger partial charge in [-0.1, -0.05) is 23.7 Å². The van der Waals surface area contributed by atoms with Gasteiger partial charge in [-0.3, -0.25) is 9.36 Å². The van der Waals surface area contributed by atoms with Gasteiger partial charge in [0.2, 0.25) is 7.37 Å². The van der Waals surface area contributed by atoms with Crippen LogP contribution in [0.2, 0.25) is 5.02 Å². The van der Waals surface area contributed by atoms with Gasteiger partial charge in [0.1, 0.15) is 5.66 Å². The van der Waals surface area contributed by atoms with Gasteiger partial charge in [-0.15, -0.1) is 11.3 Å². The van der Waals surface area contributed by atoms with Crippen molar-refractivity contribution in [2.75, 3.05) is 13.3 Å². The second-order valence-corrected chi connectivity index (χ2v) is 13.2. The number of rotatable bonds is 9. The van der Waals surface area contributed by atoms with Crippen molar-refractivity contribution in [2.24, 2.45) is 4.99 Å². The summed E-state index contributed by atoms with van der Waals surface area (Å²) in [6.45, 7) is 2.89. The Morgan fingerprint density at radius 3 is 2.40 bits per heavy atom. The van der Waals surface area contributed by atoms with Gasteiger partial charge in [0.15, 0.2) is 23.3 Å². The van der Waals surface area contributed by atoms with Crippen LogP contribution in [0.1, 0.15) is 29.3 Å². The first-order valence-corrected chi connectivity index (χ1v) is 16.2. The highest BCUT2D eigenvalue weighted by molar-refractivity contribution is 7.59. The SMILES string of the molecule is CCOP(C)(=O)C(C(=O)N(C=Cc1ccc(F)c(F)c1)C(=O)N=CCc1ccc(F)c(F)c1)c1csc2ccc(Cl)cc12. The van der Waals surface area contributed by atoms with Gasteiger partial charge < -0.3 is 4.52 Å². The van der Waals surface area contributed by atoms with E-state index < -0.39 is 48.2 Å². The molecule has 43 heavy (non-hydrogen) atoms. The molecular weight excluding hydrogens is 627 g/mol. The van der Waals surface area contributed by atoms with Crippen LogP contribution < -0.4 is 0 Å². The van der Waals surface area contributed by atoms with Crippen molar-refractivity contribution in [3.05, 3.63) is 111 Å². The van der Waals surface area contributed by atoms with E-state index in [0.717, 1.165) is 41.4 Å². The fourth-order valence-corrected chi connectivity index (χ4v) is 7.39. The van der Waals surface area contributed by atoms with Crippen LogP contribution in [0.5, 0.6) is 0 Å². The fraction of sp³-hybridized carbons (Fsp3) is 0.167. The van der Waals surface area contributed by atoms with Gasteiger partial charge in [-0.05, 0) is 82.9 Å². The number of amides is 3. The first-order valence-electron chi connectivity index (χ1n) is 12.8. The number of thiophene rings is 1. The number of benzene rings is 3. The first-order chi connectivity index (χ1) is 20.4. The van der Waals surface area contributed by atoms with Gasteiger partial charge in [-0.25, -0.2) is 32.2 Å². The Balaban J connectivity index is 1.77. The van der Waals surface area contributed by atoms with Gasteiger partial charge >= 0.3 is 6.03 Å². The predicted molar refractivity (Wildman–Crippen MR) is 161 cm³/mol. The molecule has 0 N–H and O–H groups in total. The number of halogens is 5. The number of aliphatic imine (C=N–C) groups is 1. The summed E-state index contributed by atoms with van der Waals surface area (Å²) < 4.78 is 74.4. The molecule has 0 bridgehead atoms. The first kappa shape index (κ1) is 32.3. The van der Waals surface area contributed by atoms with Crippen LogP contribution in [0, 0.1) is 23.3 Å². The van der Waals surface area contributed by atoms with Crippen LogP contribution >= 0.6 is 30.3 Å². The lowest BCUT2D eigenvalue weighted by molar-refractivity contribution is -0.126. The monoisotopic (exact) mass is 650 g/mol. The van der Waals surface area contributed by atoms with E-state index in [9.17, 15) is 31.7 Å². The molecule has 0 spiro atoms. The number of hydrogen-bond acceptors (Lipinski definition) is 5. The van der Waals surface area contributed by atoms with Crippen LogP contribution in [-0.4, -0.2) is 36.3 Å². The standard InChI is InChI=1S/C30H24ClF4N2O4PS/c1-3-41-42(2,40)28(22-17-43-27-9-6-20(31)16-21(22)27)29(38)37(13-11-19-5-8-24(33)26(35)15-19)30(39)36-12-10-18-4-7-23(32)25(34)14-18/h4-9,11-17,28H,3,10H2,1-2H3. The molecule has 13 heteroatoms. The third kappa shape index (κ3) is 7.67. The maximum atomic E-state index is 14.2. The molecule has 0 radical (unpaired) electrons. The Labute approximate surface area is 253 Å². The quantitative estimate of drug-likeness (QED) is 0.103. The van der Waals surface area contributed by atoms with Crippen LogP contribution in [-0.2, 0) is 20.3 Å². The van der Waals surface area contributed by atoms with Gasteiger partial charge in [0, 0.05) is 35.2 Å². The molecule has 1 heterocycles. The molecule has 2 unspecified atom stereocenters. The van der Waals surface area contributed by atoms with Crippen molar-refractivity contribution >= 4 is 64.6 Å². The number of carbonyl (C=O) groups excluding carboxylic acids is 2. The van der Waals surface area contributed by atoms with Crippen LogP contribution in [0.4, 0.5) is 22.4 Å². The Kier molecular flexibility index (Phi) is 10.3. The molecule has 4 rings (SSSR count). The zero-order valence-corrected chi connectivity index (χ0v) is 25.2. The van der Waals surface area contributed by atoms with Crippen molar-refractivity contribution in [1.29, 1.82) is 0 Å². The van der Waals surface area contributed by atoms with E-state index in [0.29, 0.717) is 26.4 Å². The van der Waals surface area contributed by atoms with E-state index in [1.807, 2.05) is 0 Å². The van der Waals surface area contributed by atoms with Crippen molar-refractivity contribution in [3.63, 3.8) is 0 Å². The summed E-state index contributed by atoms with van der Waals surface area (Å²) in [5.41, 5.74) is -0.736. The predicted octanol–water partition coefficient (Wildman–Crippen LogP) is 9.03. The van der Waals surface area contributed by atoms with E-state index >= 15 is 0 Å². The second-order valence-electron chi connectivity index (χ2n) is 9.30. The lowest BCUT2D eigenvalue weighted by Gasteiger charge is -2.26. The summed E-state index contributed by atoms with van der Waals surface area (Å²) in [6, 6.07) is 10.0. The minimum atomic E-state index is -3.81. The minimum Gasteiger partial charge on any atom is -0.328 e. The van der Waals surface area contributed by atoms with E-state index in [1.165, 1.54) is 36.2 Å². The molecular formula is C30H24ClF4N2O4PS. The van der Waals surface area contributed by atoms with E-state index in [-0.39, 0.29) is 18.6 Å². The molecule has 4 aromatic rings. The normalized spacial score (nSPS) is 13.9. The Bertz CT molecular complexity index is 1800. The van der Waals surface area contributed by atoms with Crippen molar-refractivity contribution in [1.82, 2.24) is 4.90 Å². The highest BCUT2D eigenvalue weighted by atomic mass is 35.5. The van der Waals surface area contributed by atoms with Crippen LogP contribution in [0.3, 0.4) is 0 Å². The Morgan fingerprint density at radius 2 is 1.72 bits per heavy atom. The number of carbonyl (C=O) groups is 2. The third-order valence-corrected chi connectivity index (χ3v) is 9.69. The largest absolute Gasteiger partial charge is 0.354 e. The number of urea groups is 1. The molecule has 0 fully saturated rings. The molecule has 0 aliphatic heterocycles. The maximum absolute atomic E-state index is 14.2. The van der Waals surface area contributed by atoms with Crippen molar-refractivity contribution < 1.29 is 36.2 Å². The lowest BCUT2D eigenvalue weighted by Crippen LogP contribution is -2.34. The molecule has 0 saturated carbocycles. The molecule has 0 aliphatic rings. The summed E-state index contributed by atoms with van der Waals surface area (Å²) in [5, 5.41) is 2.54. The van der Waals surface area contributed by atoms with Gasteiger partial charge in [0.05, 0.1) is 6.61 Å². The summed E-state index contributed by atoms with van der Waals surface area (Å²) in [6.07, 6.45) is 3.21. The maximum Gasteiger partial charge on any atom is 0.354 e. The average Bonchev–Trinajstić information content (AvgIpc) is 3.35. The zero-order valence-electron chi connectivity index (χ0n) is 22.8. The Morgan fingerprint density at radius 1 is 1.02 bits per heavy atom. The minimum absolute atomic E-state index is 0.00537. The van der Waals surface area contributed by atoms with E-state index in [4.69, 9.17) is 16.1 Å². The number of hydrogen-bond donors (Lipinski definition) is 0. The lowest BCUT2D eigenvalue weighted by atomic mass is 10.1. The molecule has 3 amide bonds. The van der Waals surface area contributed by atoms with Gasteiger partial charge in [0.25, 0.3) is 5.91 Å². The molecule has 3 aromatic carbocycles. The van der Waals surface area contributed by atoms with Crippen LogP contribution in [0.15, 0.2) is 71.2 Å². The molecule has 6 nitrogen and oxygen atoms in total. The summed E-state index contributed by atoms with van der Waals surface area (Å²) in [7, 11) is -3.81. The molecule has 224 valence electrons. The zero-order chi connectivity index (χ0) is 31.3. The van der Waals surface area contributed by atoms with Crippen molar-refractivity contribution in [3.8, 4) is 0 Å². The Hall–Kier alpha value is -3.63. The smallest absolute Gasteiger partial charge is 0.328 e. The molecule has 0 aliphatic carbocycles. The molecule has 2 atom stereocenters. The van der Waals surface area contributed by atoms with E-state index in [1.54, 1.807) is 30.5 Å². The average molecular weight is 651 g/mol. The van der Waals surface area contributed by atoms with E-state index in [2.05, 4.69) is 4.99 Å². The number of imide groups is 1. The summed E-state index contributed by atoms with van der Waals surface area (Å²) >= 11 is 7.49. The highest BCUT2D eigenvalue weighted by Crippen LogP contribution is 2.59. The number of nitrogens with zero attached hydrogens (tertiary/aromatic N) is 2.